The molecule has 0 atom stereocenters. The lowest BCUT2D eigenvalue weighted by molar-refractivity contribution is 0.833. The van der Waals surface area contributed by atoms with Crippen LogP contribution in [0.15, 0.2) is 47.7 Å². The summed E-state index contributed by atoms with van der Waals surface area (Å²) in [6.07, 6.45) is 4.85. The highest BCUT2D eigenvalue weighted by Crippen LogP contribution is 2.08. The number of nitrogens with zero attached hydrogens (tertiary/aromatic N) is 3. The molecule has 1 aromatic carbocycles. The third-order valence-corrected chi connectivity index (χ3v) is 3.02. The Morgan fingerprint density at radius 2 is 1.86 bits per heavy atom. The molecule has 2 rings (SSSR count). The Balaban J connectivity index is 1.92. The number of guanidine groups is 1. The van der Waals surface area contributed by atoms with Gasteiger partial charge in [-0.15, -0.1) is 0 Å². The average molecular weight is 285 g/mol. The van der Waals surface area contributed by atoms with Crippen molar-refractivity contribution >= 4 is 5.96 Å². The fraction of sp³-hybridized carbons (Fsp3) is 0.375. The van der Waals surface area contributed by atoms with Crippen molar-refractivity contribution in [3.05, 3.63) is 48.3 Å². The zero-order valence-corrected chi connectivity index (χ0v) is 12.7. The molecule has 1 aromatic heterocycles. The maximum Gasteiger partial charge on any atom is 0.191 e. The average Bonchev–Trinajstić information content (AvgIpc) is 2.97. The Morgan fingerprint density at radius 3 is 2.52 bits per heavy atom. The van der Waals surface area contributed by atoms with E-state index in [1.54, 1.807) is 0 Å². The minimum absolute atomic E-state index is 0.746. The molecule has 1 heterocycles. The zero-order valence-electron chi connectivity index (χ0n) is 12.7. The second-order valence-electron chi connectivity index (χ2n) is 4.67. The van der Waals surface area contributed by atoms with E-state index in [0.717, 1.165) is 37.7 Å². The van der Waals surface area contributed by atoms with Crippen LogP contribution in [0, 0.1) is 0 Å². The Hall–Kier alpha value is -2.30. The molecule has 2 N–H and O–H groups in total. The number of hydrogen-bond donors (Lipinski definition) is 2. The van der Waals surface area contributed by atoms with Crippen LogP contribution in [-0.4, -0.2) is 35.4 Å². The van der Waals surface area contributed by atoms with Gasteiger partial charge in [0.1, 0.15) is 0 Å². The van der Waals surface area contributed by atoms with Crippen LogP contribution >= 0.6 is 0 Å². The van der Waals surface area contributed by atoms with Gasteiger partial charge >= 0.3 is 0 Å². The van der Waals surface area contributed by atoms with E-state index < -0.39 is 0 Å². The van der Waals surface area contributed by atoms with Gasteiger partial charge in [-0.25, -0.2) is 4.68 Å². The van der Waals surface area contributed by atoms with Crippen LogP contribution in [0.25, 0.3) is 5.69 Å². The molecule has 0 spiro atoms. The van der Waals surface area contributed by atoms with Crippen LogP contribution in [-0.2, 0) is 6.42 Å². The number of aliphatic imine (C=N–C) groups is 1. The maximum absolute atomic E-state index is 4.54. The summed E-state index contributed by atoms with van der Waals surface area (Å²) in [5.74, 6) is 0.871. The summed E-state index contributed by atoms with van der Waals surface area (Å²) in [4.78, 5) is 4.54. The minimum atomic E-state index is 0.746. The SMILES string of the molecule is CCNC(=NCCc1cnn(-c2ccccc2)c1)NCC. The van der Waals surface area contributed by atoms with Gasteiger partial charge in [0.05, 0.1) is 11.9 Å². The molecule has 0 unspecified atom stereocenters. The summed E-state index contributed by atoms with van der Waals surface area (Å²) in [6, 6.07) is 10.1. The summed E-state index contributed by atoms with van der Waals surface area (Å²) >= 11 is 0. The van der Waals surface area contributed by atoms with E-state index >= 15 is 0 Å². The van der Waals surface area contributed by atoms with E-state index in [2.05, 4.69) is 40.8 Å². The van der Waals surface area contributed by atoms with Gasteiger partial charge in [0.15, 0.2) is 5.96 Å². The van der Waals surface area contributed by atoms with Gasteiger partial charge in [-0.05, 0) is 38.0 Å². The molecule has 5 nitrogen and oxygen atoms in total. The molecular formula is C16H23N5. The predicted molar refractivity (Wildman–Crippen MR) is 86.9 cm³/mol. The monoisotopic (exact) mass is 285 g/mol. The van der Waals surface area contributed by atoms with Crippen molar-refractivity contribution < 1.29 is 0 Å². The molecular weight excluding hydrogens is 262 g/mol. The lowest BCUT2D eigenvalue weighted by atomic mass is 10.2. The van der Waals surface area contributed by atoms with Gasteiger partial charge in [0, 0.05) is 25.8 Å². The summed E-state index contributed by atoms with van der Waals surface area (Å²) in [6.45, 7) is 6.62. The first-order chi connectivity index (χ1) is 10.3. The zero-order chi connectivity index (χ0) is 14.9. The molecule has 112 valence electrons. The van der Waals surface area contributed by atoms with Crippen molar-refractivity contribution in [2.24, 2.45) is 4.99 Å². The normalized spacial score (nSPS) is 10.2. The van der Waals surface area contributed by atoms with Crippen LogP contribution in [0.5, 0.6) is 0 Å². The fourth-order valence-corrected chi connectivity index (χ4v) is 2.02. The topological polar surface area (TPSA) is 54.2 Å². The molecule has 0 fully saturated rings. The lowest BCUT2D eigenvalue weighted by Gasteiger charge is -2.08. The van der Waals surface area contributed by atoms with Crippen LogP contribution in [0.4, 0.5) is 0 Å². The third-order valence-electron chi connectivity index (χ3n) is 3.02. The van der Waals surface area contributed by atoms with Crippen molar-refractivity contribution in [3.63, 3.8) is 0 Å². The first-order valence-electron chi connectivity index (χ1n) is 7.44. The van der Waals surface area contributed by atoms with Gasteiger partial charge in [-0.3, -0.25) is 4.99 Å². The second kappa shape index (κ2) is 8.09. The molecule has 0 bridgehead atoms. The molecule has 0 amide bonds. The number of para-hydroxylation sites is 1. The summed E-state index contributed by atoms with van der Waals surface area (Å²) < 4.78 is 1.90. The highest BCUT2D eigenvalue weighted by molar-refractivity contribution is 5.79. The molecule has 2 aromatic rings. The highest BCUT2D eigenvalue weighted by Gasteiger charge is 2.01. The molecule has 0 aliphatic rings. The molecule has 0 saturated carbocycles. The standard InChI is InChI=1S/C16H23N5/c1-3-17-16(18-4-2)19-11-10-14-12-20-21(13-14)15-8-6-5-7-9-15/h5-9,12-13H,3-4,10-11H2,1-2H3,(H2,17,18,19). The number of aromatic nitrogens is 2. The first kappa shape index (κ1) is 15.1. The van der Waals surface area contributed by atoms with E-state index in [9.17, 15) is 0 Å². The molecule has 0 aliphatic heterocycles. The van der Waals surface area contributed by atoms with Gasteiger partial charge < -0.3 is 10.6 Å². The van der Waals surface area contributed by atoms with Gasteiger partial charge in [0.2, 0.25) is 0 Å². The smallest absolute Gasteiger partial charge is 0.191 e. The van der Waals surface area contributed by atoms with E-state index in [4.69, 9.17) is 0 Å². The lowest BCUT2D eigenvalue weighted by Crippen LogP contribution is -2.37. The highest BCUT2D eigenvalue weighted by atomic mass is 15.3. The molecule has 0 saturated heterocycles. The first-order valence-corrected chi connectivity index (χ1v) is 7.44. The van der Waals surface area contributed by atoms with Crippen molar-refractivity contribution in [1.82, 2.24) is 20.4 Å². The van der Waals surface area contributed by atoms with E-state index in [0.29, 0.717) is 0 Å². The molecule has 0 radical (unpaired) electrons. The molecule has 0 aliphatic carbocycles. The fourth-order valence-electron chi connectivity index (χ4n) is 2.02. The van der Waals surface area contributed by atoms with E-state index in [1.165, 1.54) is 5.56 Å². The van der Waals surface area contributed by atoms with Gasteiger partial charge in [-0.1, -0.05) is 18.2 Å². The Bertz CT molecular complexity index is 551. The summed E-state index contributed by atoms with van der Waals surface area (Å²) in [5.41, 5.74) is 2.27. The van der Waals surface area contributed by atoms with Crippen molar-refractivity contribution in [3.8, 4) is 5.69 Å². The van der Waals surface area contributed by atoms with Crippen LogP contribution < -0.4 is 10.6 Å². The van der Waals surface area contributed by atoms with Crippen molar-refractivity contribution in [2.75, 3.05) is 19.6 Å². The van der Waals surface area contributed by atoms with Crippen molar-refractivity contribution in [1.29, 1.82) is 0 Å². The largest absolute Gasteiger partial charge is 0.357 e. The summed E-state index contributed by atoms with van der Waals surface area (Å²) in [7, 11) is 0. The minimum Gasteiger partial charge on any atom is -0.357 e. The van der Waals surface area contributed by atoms with E-state index in [1.807, 2.05) is 41.2 Å². The number of nitrogens with one attached hydrogen (secondary N) is 2. The number of rotatable bonds is 6. The second-order valence-corrected chi connectivity index (χ2v) is 4.67. The number of benzene rings is 1. The van der Waals surface area contributed by atoms with Gasteiger partial charge in [0.25, 0.3) is 0 Å². The Labute approximate surface area is 126 Å². The number of hydrogen-bond acceptors (Lipinski definition) is 2. The van der Waals surface area contributed by atoms with Crippen LogP contribution in [0.2, 0.25) is 0 Å². The van der Waals surface area contributed by atoms with Crippen LogP contribution in [0.3, 0.4) is 0 Å². The molecule has 5 heteroatoms. The van der Waals surface area contributed by atoms with Crippen LogP contribution in [0.1, 0.15) is 19.4 Å². The van der Waals surface area contributed by atoms with E-state index in [-0.39, 0.29) is 0 Å². The quantitative estimate of drug-likeness (QED) is 0.630. The maximum atomic E-state index is 4.54. The van der Waals surface area contributed by atoms with Crippen molar-refractivity contribution in [2.45, 2.75) is 20.3 Å². The predicted octanol–water partition coefficient (Wildman–Crippen LogP) is 1.99. The molecule has 21 heavy (non-hydrogen) atoms. The third kappa shape index (κ3) is 4.63. The Kier molecular flexibility index (Phi) is 5.82. The van der Waals surface area contributed by atoms with Gasteiger partial charge in [-0.2, -0.15) is 5.10 Å². The summed E-state index contributed by atoms with van der Waals surface area (Å²) in [5, 5.41) is 10.8. The Morgan fingerprint density at radius 1 is 1.14 bits per heavy atom.